The van der Waals surface area contributed by atoms with Crippen molar-refractivity contribution in [3.63, 3.8) is 0 Å². The van der Waals surface area contributed by atoms with Gasteiger partial charge in [0.1, 0.15) is 5.69 Å². The van der Waals surface area contributed by atoms with Gasteiger partial charge >= 0.3 is 0 Å². The lowest BCUT2D eigenvalue weighted by Crippen LogP contribution is -2.44. The third-order valence-corrected chi connectivity index (χ3v) is 5.09. The van der Waals surface area contributed by atoms with E-state index in [1.807, 2.05) is 23.7 Å². The molecule has 1 aliphatic rings. The fourth-order valence-electron chi connectivity index (χ4n) is 2.87. The number of hydrogen-bond donors (Lipinski definition) is 2. The van der Waals surface area contributed by atoms with Crippen LogP contribution in [0.3, 0.4) is 0 Å². The second-order valence-electron chi connectivity index (χ2n) is 6.01. The lowest BCUT2D eigenvalue weighted by molar-refractivity contribution is 0.0904. The van der Waals surface area contributed by atoms with Crippen molar-refractivity contribution in [3.05, 3.63) is 46.2 Å². The third kappa shape index (κ3) is 4.59. The van der Waals surface area contributed by atoms with Crippen molar-refractivity contribution >= 4 is 17.2 Å². The Hall–Kier alpha value is -1.83. The van der Waals surface area contributed by atoms with E-state index < -0.39 is 0 Å². The van der Waals surface area contributed by atoms with Crippen LogP contribution in [0.5, 0.6) is 0 Å². The number of thiazole rings is 1. The van der Waals surface area contributed by atoms with Gasteiger partial charge in [-0.3, -0.25) is 14.7 Å². The number of aromatic nitrogens is 2. The van der Waals surface area contributed by atoms with E-state index in [2.05, 4.69) is 26.3 Å². The van der Waals surface area contributed by atoms with Crippen molar-refractivity contribution in [2.45, 2.75) is 31.8 Å². The summed E-state index contributed by atoms with van der Waals surface area (Å²) in [4.78, 5) is 23.4. The van der Waals surface area contributed by atoms with E-state index in [9.17, 15) is 4.79 Å². The Bertz CT molecular complexity index is 652. The highest BCUT2D eigenvalue weighted by Crippen LogP contribution is 2.15. The van der Waals surface area contributed by atoms with Gasteiger partial charge in [0.2, 0.25) is 0 Å². The van der Waals surface area contributed by atoms with Crippen LogP contribution in [0.1, 0.15) is 34.0 Å². The molecule has 128 valence electrons. The van der Waals surface area contributed by atoms with Crippen molar-refractivity contribution in [2.24, 2.45) is 5.73 Å². The monoisotopic (exact) mass is 345 g/mol. The summed E-state index contributed by atoms with van der Waals surface area (Å²) < 4.78 is 0. The van der Waals surface area contributed by atoms with Crippen LogP contribution in [-0.2, 0) is 13.0 Å². The maximum absolute atomic E-state index is 12.3. The van der Waals surface area contributed by atoms with Gasteiger partial charge < -0.3 is 11.1 Å². The van der Waals surface area contributed by atoms with Crippen molar-refractivity contribution in [3.8, 4) is 0 Å². The summed E-state index contributed by atoms with van der Waals surface area (Å²) in [7, 11) is 0. The minimum absolute atomic E-state index is 0.0716. The topological polar surface area (TPSA) is 84.1 Å². The fourth-order valence-corrected chi connectivity index (χ4v) is 3.66. The lowest BCUT2D eigenvalue weighted by Gasteiger charge is -2.31. The molecule has 1 fully saturated rings. The number of hydrogen-bond acceptors (Lipinski definition) is 6. The summed E-state index contributed by atoms with van der Waals surface area (Å²) in [6, 6.07) is 6.22. The van der Waals surface area contributed by atoms with Gasteiger partial charge in [0.15, 0.2) is 0 Å². The molecule has 6 nitrogen and oxygen atoms in total. The number of carbonyl (C=O) groups is 1. The zero-order valence-corrected chi connectivity index (χ0v) is 14.5. The number of amides is 1. The van der Waals surface area contributed by atoms with E-state index in [1.165, 1.54) is 11.3 Å². The Morgan fingerprint density at radius 1 is 1.38 bits per heavy atom. The van der Waals surface area contributed by atoms with E-state index >= 15 is 0 Å². The van der Waals surface area contributed by atoms with Gasteiger partial charge in [0.25, 0.3) is 5.91 Å². The van der Waals surface area contributed by atoms with Crippen molar-refractivity contribution in [2.75, 3.05) is 19.6 Å². The zero-order chi connectivity index (χ0) is 16.8. The Balaban J connectivity index is 1.45. The molecule has 24 heavy (non-hydrogen) atoms. The van der Waals surface area contributed by atoms with Gasteiger partial charge in [-0.2, -0.15) is 0 Å². The smallest absolute Gasteiger partial charge is 0.270 e. The molecule has 0 saturated carbocycles. The van der Waals surface area contributed by atoms with Crippen LogP contribution < -0.4 is 11.1 Å². The van der Waals surface area contributed by atoms with Gasteiger partial charge in [-0.15, -0.1) is 11.3 Å². The number of nitrogens with zero attached hydrogens (tertiary/aromatic N) is 3. The molecular formula is C17H23N5OS. The molecule has 7 heteroatoms. The van der Waals surface area contributed by atoms with E-state index in [-0.39, 0.29) is 11.9 Å². The summed E-state index contributed by atoms with van der Waals surface area (Å²) >= 11 is 1.50. The molecule has 0 unspecified atom stereocenters. The Morgan fingerprint density at radius 2 is 2.21 bits per heavy atom. The molecule has 2 aromatic rings. The highest BCUT2D eigenvalue weighted by molar-refractivity contribution is 7.09. The molecule has 0 aliphatic carbocycles. The highest BCUT2D eigenvalue weighted by Gasteiger charge is 2.22. The van der Waals surface area contributed by atoms with E-state index in [4.69, 9.17) is 5.73 Å². The standard InChI is InChI=1S/C17H23N5OS/c18-7-4-16-21-15(12-24-16)17(23)20-13-5-9-22(10-6-13)11-14-3-1-2-8-19-14/h1-3,8,12-13H,4-7,9-11,18H2,(H,20,23). The van der Waals surface area contributed by atoms with Gasteiger partial charge in [0, 0.05) is 43.7 Å². The molecule has 3 rings (SSSR count). The first kappa shape index (κ1) is 17.0. The minimum Gasteiger partial charge on any atom is -0.348 e. The average Bonchev–Trinajstić information content (AvgIpc) is 3.07. The Morgan fingerprint density at radius 3 is 2.92 bits per heavy atom. The maximum Gasteiger partial charge on any atom is 0.270 e. The molecule has 2 aromatic heterocycles. The fraction of sp³-hybridized carbons (Fsp3) is 0.471. The largest absolute Gasteiger partial charge is 0.348 e. The van der Waals surface area contributed by atoms with E-state index in [0.29, 0.717) is 12.2 Å². The molecule has 0 spiro atoms. The van der Waals surface area contributed by atoms with Crippen LogP contribution in [0.2, 0.25) is 0 Å². The van der Waals surface area contributed by atoms with Crippen LogP contribution in [0.15, 0.2) is 29.8 Å². The van der Waals surface area contributed by atoms with Gasteiger partial charge in [-0.05, 0) is 31.5 Å². The number of carbonyl (C=O) groups excluding carboxylic acids is 1. The molecule has 0 aromatic carbocycles. The second kappa shape index (κ2) is 8.32. The minimum atomic E-state index is -0.0716. The number of nitrogens with one attached hydrogen (secondary N) is 1. The normalized spacial score (nSPS) is 16.2. The van der Waals surface area contributed by atoms with Gasteiger partial charge in [-0.25, -0.2) is 4.98 Å². The van der Waals surface area contributed by atoms with Crippen LogP contribution in [0.25, 0.3) is 0 Å². The Labute approximate surface area is 146 Å². The van der Waals surface area contributed by atoms with Crippen molar-refractivity contribution < 1.29 is 4.79 Å². The van der Waals surface area contributed by atoms with Crippen molar-refractivity contribution in [1.82, 2.24) is 20.2 Å². The molecule has 0 atom stereocenters. The molecule has 1 saturated heterocycles. The second-order valence-corrected chi connectivity index (χ2v) is 6.95. The number of likely N-dealkylation sites (tertiary alicyclic amines) is 1. The predicted octanol–water partition coefficient (Wildman–Crippen LogP) is 1.43. The molecule has 1 amide bonds. The van der Waals surface area contributed by atoms with Crippen LogP contribution in [-0.4, -0.2) is 46.5 Å². The molecule has 0 radical (unpaired) electrons. The lowest BCUT2D eigenvalue weighted by atomic mass is 10.0. The quantitative estimate of drug-likeness (QED) is 0.827. The van der Waals surface area contributed by atoms with Crippen molar-refractivity contribution in [1.29, 1.82) is 0 Å². The first-order valence-electron chi connectivity index (χ1n) is 8.32. The SMILES string of the molecule is NCCc1nc(C(=O)NC2CCN(Cc3ccccn3)CC2)cs1. The number of pyridine rings is 1. The first-order valence-corrected chi connectivity index (χ1v) is 9.20. The van der Waals surface area contributed by atoms with Gasteiger partial charge in [0.05, 0.1) is 10.7 Å². The number of nitrogens with two attached hydrogens (primary N) is 1. The molecule has 0 bridgehead atoms. The molecule has 3 heterocycles. The predicted molar refractivity (Wildman–Crippen MR) is 94.9 cm³/mol. The van der Waals surface area contributed by atoms with Crippen LogP contribution in [0.4, 0.5) is 0 Å². The molecule has 3 N–H and O–H groups in total. The summed E-state index contributed by atoms with van der Waals surface area (Å²) in [6.07, 6.45) is 4.47. The third-order valence-electron chi connectivity index (χ3n) is 4.18. The summed E-state index contributed by atoms with van der Waals surface area (Å²) in [5.74, 6) is -0.0716. The average molecular weight is 345 g/mol. The zero-order valence-electron chi connectivity index (χ0n) is 13.6. The van der Waals surface area contributed by atoms with Crippen LogP contribution >= 0.6 is 11.3 Å². The van der Waals surface area contributed by atoms with E-state index in [0.717, 1.165) is 49.6 Å². The molecular weight excluding hydrogens is 322 g/mol. The maximum atomic E-state index is 12.3. The highest BCUT2D eigenvalue weighted by atomic mass is 32.1. The summed E-state index contributed by atoms with van der Waals surface area (Å²) in [6.45, 7) is 3.37. The number of rotatable bonds is 6. The summed E-state index contributed by atoms with van der Waals surface area (Å²) in [5.41, 5.74) is 7.13. The van der Waals surface area contributed by atoms with Gasteiger partial charge in [-0.1, -0.05) is 6.07 Å². The molecule has 1 aliphatic heterocycles. The van der Waals surface area contributed by atoms with Crippen LogP contribution in [0, 0.1) is 0 Å². The number of piperidine rings is 1. The Kier molecular flexibility index (Phi) is 5.90. The van der Waals surface area contributed by atoms with E-state index in [1.54, 1.807) is 0 Å². The first-order chi connectivity index (χ1) is 11.7. The summed E-state index contributed by atoms with van der Waals surface area (Å²) in [5, 5.41) is 5.85.